The number of hydrogen-bond donors (Lipinski definition) is 1. The summed E-state index contributed by atoms with van der Waals surface area (Å²) in [5.74, 6) is 0.629. The van der Waals surface area contributed by atoms with E-state index in [-0.39, 0.29) is 16.1 Å². The van der Waals surface area contributed by atoms with Crippen molar-refractivity contribution >= 4 is 17.3 Å². The fourth-order valence-corrected chi connectivity index (χ4v) is 3.16. The first kappa shape index (κ1) is 18.3. The number of nitrogens with zero attached hydrogens (tertiary/aromatic N) is 2. The van der Waals surface area contributed by atoms with E-state index in [4.69, 9.17) is 16.3 Å². The second-order valence-electron chi connectivity index (χ2n) is 7.36. The summed E-state index contributed by atoms with van der Waals surface area (Å²) >= 11 is 6.18. The Kier molecular flexibility index (Phi) is 6.09. The molecule has 0 saturated heterocycles. The summed E-state index contributed by atoms with van der Waals surface area (Å²) in [6.45, 7) is 9.24. The number of hydrogen-bond acceptors (Lipinski definition) is 4. The Balaban J connectivity index is 1.89. The van der Waals surface area contributed by atoms with Crippen molar-refractivity contribution in [2.24, 2.45) is 5.92 Å². The molecule has 2 atom stereocenters. The normalized spacial score (nSPS) is 22.1. The van der Waals surface area contributed by atoms with Gasteiger partial charge in [-0.15, -0.1) is 0 Å². The van der Waals surface area contributed by atoms with Crippen LogP contribution >= 0.6 is 11.6 Å². The second kappa shape index (κ2) is 7.67. The van der Waals surface area contributed by atoms with Gasteiger partial charge in [0.25, 0.3) is 5.56 Å². The van der Waals surface area contributed by atoms with Gasteiger partial charge in [0.05, 0.1) is 30.1 Å². The largest absolute Gasteiger partial charge is 0.380 e. The van der Waals surface area contributed by atoms with Crippen LogP contribution in [0.25, 0.3) is 0 Å². The monoisotopic (exact) mass is 341 g/mol. The predicted molar refractivity (Wildman–Crippen MR) is 94.4 cm³/mol. The third-order valence-corrected chi connectivity index (χ3v) is 4.70. The van der Waals surface area contributed by atoms with Crippen molar-refractivity contribution in [2.75, 3.05) is 18.5 Å². The van der Waals surface area contributed by atoms with Gasteiger partial charge >= 0.3 is 0 Å². The highest BCUT2D eigenvalue weighted by molar-refractivity contribution is 6.32. The van der Waals surface area contributed by atoms with Crippen LogP contribution in [0.15, 0.2) is 11.0 Å². The molecule has 0 unspecified atom stereocenters. The summed E-state index contributed by atoms with van der Waals surface area (Å²) in [7, 11) is 0. The number of nitrogens with one attached hydrogen (secondary N) is 1. The van der Waals surface area contributed by atoms with E-state index < -0.39 is 0 Å². The molecule has 6 heteroatoms. The molecule has 1 aliphatic carbocycles. The molecule has 1 heterocycles. The van der Waals surface area contributed by atoms with Crippen molar-refractivity contribution in [1.82, 2.24) is 9.78 Å². The van der Waals surface area contributed by atoms with Gasteiger partial charge in [0.2, 0.25) is 0 Å². The lowest BCUT2D eigenvalue weighted by molar-refractivity contribution is 0.000389. The van der Waals surface area contributed by atoms with Gasteiger partial charge in [-0.05, 0) is 39.5 Å². The van der Waals surface area contributed by atoms with Crippen molar-refractivity contribution < 1.29 is 4.74 Å². The van der Waals surface area contributed by atoms with E-state index in [1.165, 1.54) is 23.9 Å². The Morgan fingerprint density at radius 1 is 1.39 bits per heavy atom. The van der Waals surface area contributed by atoms with Crippen LogP contribution in [0.2, 0.25) is 5.02 Å². The zero-order valence-corrected chi connectivity index (χ0v) is 15.3. The maximum Gasteiger partial charge on any atom is 0.288 e. The molecule has 130 valence electrons. The predicted octanol–water partition coefficient (Wildman–Crippen LogP) is 3.66. The molecule has 2 rings (SSSR count). The average Bonchev–Trinajstić information content (AvgIpc) is 2.48. The molecule has 0 aliphatic heterocycles. The Morgan fingerprint density at radius 2 is 2.09 bits per heavy atom. The lowest BCUT2D eigenvalue weighted by Gasteiger charge is -2.28. The lowest BCUT2D eigenvalue weighted by Crippen LogP contribution is -2.36. The molecule has 1 saturated carbocycles. The summed E-state index contributed by atoms with van der Waals surface area (Å²) in [6.07, 6.45) is 6.92. The highest BCUT2D eigenvalue weighted by Gasteiger charge is 2.22. The van der Waals surface area contributed by atoms with Crippen molar-refractivity contribution in [3.8, 4) is 0 Å². The fourth-order valence-electron chi connectivity index (χ4n) is 2.96. The minimum Gasteiger partial charge on any atom is -0.380 e. The van der Waals surface area contributed by atoms with Crippen molar-refractivity contribution in [1.29, 1.82) is 0 Å². The molecule has 0 aromatic carbocycles. The molecular formula is C17H28ClN3O2. The molecule has 1 aromatic rings. The molecule has 0 amide bonds. The van der Waals surface area contributed by atoms with Crippen LogP contribution in [-0.2, 0) is 10.3 Å². The van der Waals surface area contributed by atoms with Gasteiger partial charge in [0, 0.05) is 6.54 Å². The number of aromatic nitrogens is 2. The molecule has 23 heavy (non-hydrogen) atoms. The molecule has 1 aromatic heterocycles. The second-order valence-corrected chi connectivity index (χ2v) is 7.74. The van der Waals surface area contributed by atoms with E-state index in [1.54, 1.807) is 6.20 Å². The van der Waals surface area contributed by atoms with Gasteiger partial charge < -0.3 is 10.1 Å². The molecule has 0 bridgehead atoms. The van der Waals surface area contributed by atoms with Gasteiger partial charge in [-0.25, -0.2) is 4.68 Å². The Morgan fingerprint density at radius 3 is 2.74 bits per heavy atom. The van der Waals surface area contributed by atoms with E-state index >= 15 is 0 Å². The Hall–Kier alpha value is -1.07. The highest BCUT2D eigenvalue weighted by atomic mass is 35.5. The number of anilines is 1. The highest BCUT2D eigenvalue weighted by Crippen LogP contribution is 2.26. The van der Waals surface area contributed by atoms with Gasteiger partial charge in [0.15, 0.2) is 0 Å². The van der Waals surface area contributed by atoms with Gasteiger partial charge in [-0.2, -0.15) is 5.10 Å². The Labute approximate surface area is 143 Å². The Bertz CT molecular complexity index is 580. The van der Waals surface area contributed by atoms with Crippen LogP contribution < -0.4 is 10.9 Å². The van der Waals surface area contributed by atoms with E-state index in [0.29, 0.717) is 30.9 Å². The van der Waals surface area contributed by atoms with E-state index in [0.717, 1.165) is 6.42 Å². The van der Waals surface area contributed by atoms with E-state index in [9.17, 15) is 4.79 Å². The molecule has 1 N–H and O–H groups in total. The molecule has 0 radical (unpaired) electrons. The van der Waals surface area contributed by atoms with Crippen LogP contribution in [0.4, 0.5) is 5.69 Å². The first-order valence-corrected chi connectivity index (χ1v) is 8.82. The standard InChI is InChI=1S/C17H28ClN3O2/c1-12-7-5-6-8-14(12)23-10-9-19-13-11-20-21(17(2,3)4)16(22)15(13)18/h11-12,14,19H,5-10H2,1-4H3/t12-,14-/m0/s1. The maximum atomic E-state index is 12.3. The number of ether oxygens (including phenoxy) is 1. The van der Waals surface area contributed by atoms with Crippen molar-refractivity contribution in [3.63, 3.8) is 0 Å². The summed E-state index contributed by atoms with van der Waals surface area (Å²) in [6, 6.07) is 0. The third kappa shape index (κ3) is 4.70. The lowest BCUT2D eigenvalue weighted by atomic mass is 9.88. The van der Waals surface area contributed by atoms with Gasteiger partial charge in [0.1, 0.15) is 5.02 Å². The molecule has 5 nitrogen and oxygen atoms in total. The number of rotatable bonds is 5. The maximum absolute atomic E-state index is 12.3. The van der Waals surface area contributed by atoms with Gasteiger partial charge in [-0.3, -0.25) is 4.79 Å². The van der Waals surface area contributed by atoms with Crippen molar-refractivity contribution in [2.45, 2.75) is 65.0 Å². The zero-order valence-electron chi connectivity index (χ0n) is 14.6. The average molecular weight is 342 g/mol. The summed E-state index contributed by atoms with van der Waals surface area (Å²) in [5.41, 5.74) is -0.0945. The molecule has 0 spiro atoms. The van der Waals surface area contributed by atoms with Crippen LogP contribution in [0, 0.1) is 5.92 Å². The fraction of sp³-hybridized carbons (Fsp3) is 0.765. The smallest absolute Gasteiger partial charge is 0.288 e. The molecular weight excluding hydrogens is 314 g/mol. The summed E-state index contributed by atoms with van der Waals surface area (Å²) in [5, 5.41) is 7.54. The first-order chi connectivity index (χ1) is 10.8. The minimum absolute atomic E-state index is 0.181. The zero-order chi connectivity index (χ0) is 17.0. The van der Waals surface area contributed by atoms with E-state index in [1.807, 2.05) is 20.8 Å². The van der Waals surface area contributed by atoms with Crippen LogP contribution in [0.1, 0.15) is 53.4 Å². The molecule has 1 aliphatic rings. The van der Waals surface area contributed by atoms with E-state index in [2.05, 4.69) is 17.3 Å². The molecule has 1 fully saturated rings. The van der Waals surface area contributed by atoms with Crippen LogP contribution in [0.3, 0.4) is 0 Å². The topological polar surface area (TPSA) is 56.1 Å². The number of halogens is 1. The quantitative estimate of drug-likeness (QED) is 0.830. The third-order valence-electron chi connectivity index (χ3n) is 4.34. The van der Waals surface area contributed by atoms with Crippen molar-refractivity contribution in [3.05, 3.63) is 21.6 Å². The van der Waals surface area contributed by atoms with Crippen LogP contribution in [0.5, 0.6) is 0 Å². The summed E-state index contributed by atoms with van der Waals surface area (Å²) < 4.78 is 7.36. The summed E-state index contributed by atoms with van der Waals surface area (Å²) in [4.78, 5) is 12.3. The first-order valence-electron chi connectivity index (χ1n) is 8.44. The van der Waals surface area contributed by atoms with Crippen LogP contribution in [-0.4, -0.2) is 29.0 Å². The SMILES string of the molecule is C[C@H]1CCCC[C@@H]1OCCNc1cnn(C(C)(C)C)c(=O)c1Cl. The van der Waals surface area contributed by atoms with Gasteiger partial charge in [-0.1, -0.05) is 31.4 Å². The minimum atomic E-state index is -0.389.